The number of fused-ring (bicyclic) bond motifs is 1. The highest BCUT2D eigenvalue weighted by Crippen LogP contribution is 2.67. The topological polar surface area (TPSA) is 98.7 Å². The minimum atomic E-state index is -0.651. The Labute approximate surface area is 245 Å². The molecule has 0 aliphatic carbocycles. The van der Waals surface area contributed by atoms with E-state index >= 15 is 0 Å². The minimum Gasteiger partial charge on any atom is -0.396 e. The third kappa shape index (κ3) is 6.35. The second-order valence-corrected chi connectivity index (χ2v) is 16.0. The molecule has 0 aromatic heterocycles. The van der Waals surface area contributed by atoms with Gasteiger partial charge in [-0.3, -0.25) is 14.4 Å². The van der Waals surface area contributed by atoms with Crippen LogP contribution in [0, 0.1) is 17.3 Å². The Balaban J connectivity index is 1.64. The number of likely N-dealkylation sites (tertiary alicyclic amines) is 1. The molecule has 0 saturated carbocycles. The Bertz CT molecular complexity index is 1060. The lowest BCUT2D eigenvalue weighted by molar-refractivity contribution is -0.139. The van der Waals surface area contributed by atoms with Crippen molar-refractivity contribution in [1.82, 2.24) is 10.2 Å². The van der Waals surface area contributed by atoms with Crippen molar-refractivity contribution < 1.29 is 19.5 Å². The highest BCUT2D eigenvalue weighted by Gasteiger charge is 2.75. The van der Waals surface area contributed by atoms with E-state index < -0.39 is 28.2 Å². The standard InChI is InChI=1S/C30H44BrN3O4S/c1-28(2,3)18-29(4,5)33-26(37)24-30-17-20(31)23(39-30)21(25(36)32-19-13-9-8-10-14-19)22(30)27(38)34(24)15-11-6-7-12-16-35/h8-10,13-14,20-24,35H,6-7,11-12,15-18H2,1-5H3,(H,32,36)(H,33,37)/t20?,21-,22+,23-,24?,30?/m1/s1. The number of carbonyl (C=O) groups excluding carboxylic acids is 3. The van der Waals surface area contributed by atoms with E-state index in [1.54, 1.807) is 16.7 Å². The molecule has 1 aromatic rings. The first-order valence-electron chi connectivity index (χ1n) is 14.2. The van der Waals surface area contributed by atoms with Crippen molar-refractivity contribution in [1.29, 1.82) is 0 Å². The first-order valence-corrected chi connectivity index (χ1v) is 16.0. The Morgan fingerprint density at radius 3 is 2.38 bits per heavy atom. The Morgan fingerprint density at radius 1 is 1.08 bits per heavy atom. The average Bonchev–Trinajstić information content (AvgIpc) is 3.41. The molecule has 216 valence electrons. The Hall–Kier alpha value is -1.58. The van der Waals surface area contributed by atoms with E-state index in [1.807, 2.05) is 44.2 Å². The molecule has 3 aliphatic rings. The van der Waals surface area contributed by atoms with E-state index in [0.717, 1.165) is 32.1 Å². The highest BCUT2D eigenvalue weighted by atomic mass is 79.9. The van der Waals surface area contributed by atoms with Gasteiger partial charge in [0.2, 0.25) is 17.7 Å². The predicted molar refractivity (Wildman–Crippen MR) is 161 cm³/mol. The summed E-state index contributed by atoms with van der Waals surface area (Å²) in [5.74, 6) is -1.40. The van der Waals surface area contributed by atoms with Crippen LogP contribution in [0.15, 0.2) is 30.3 Å². The van der Waals surface area contributed by atoms with Crippen molar-refractivity contribution in [3.63, 3.8) is 0 Å². The Kier molecular flexibility index (Phi) is 9.14. The summed E-state index contributed by atoms with van der Waals surface area (Å²) in [7, 11) is 0. The Morgan fingerprint density at radius 2 is 1.74 bits per heavy atom. The van der Waals surface area contributed by atoms with Gasteiger partial charge in [-0.05, 0) is 57.1 Å². The van der Waals surface area contributed by atoms with Gasteiger partial charge in [-0.1, -0.05) is 67.7 Å². The largest absolute Gasteiger partial charge is 0.396 e. The number of hydrogen-bond donors (Lipinski definition) is 3. The molecule has 1 spiro atoms. The average molecular weight is 623 g/mol. The highest BCUT2D eigenvalue weighted by molar-refractivity contribution is 9.09. The van der Waals surface area contributed by atoms with E-state index in [2.05, 4.69) is 47.3 Å². The molecule has 3 amide bonds. The molecule has 39 heavy (non-hydrogen) atoms. The third-order valence-electron chi connectivity index (χ3n) is 8.12. The zero-order chi connectivity index (χ0) is 28.6. The zero-order valence-electron chi connectivity index (χ0n) is 23.8. The monoisotopic (exact) mass is 621 g/mol. The first-order chi connectivity index (χ1) is 18.3. The number of benzene rings is 1. The van der Waals surface area contributed by atoms with Crippen LogP contribution in [0.2, 0.25) is 0 Å². The lowest BCUT2D eigenvalue weighted by atomic mass is 9.70. The smallest absolute Gasteiger partial charge is 0.244 e. The second-order valence-electron chi connectivity index (χ2n) is 13.3. The molecule has 0 radical (unpaired) electrons. The number of rotatable bonds is 11. The number of nitrogens with one attached hydrogen (secondary N) is 2. The zero-order valence-corrected chi connectivity index (χ0v) is 26.2. The van der Waals surface area contributed by atoms with Gasteiger partial charge in [0, 0.05) is 34.5 Å². The SMILES string of the molecule is CC(C)(C)CC(C)(C)NC(=O)C1N(CCCCCCO)C(=O)[C@@H]2[C@@H](C(=O)Nc3ccccc3)[C@@H]3SC12CC3Br. The molecule has 3 saturated heterocycles. The van der Waals surface area contributed by atoms with E-state index in [4.69, 9.17) is 5.11 Å². The maximum Gasteiger partial charge on any atom is 0.244 e. The summed E-state index contributed by atoms with van der Waals surface area (Å²) >= 11 is 5.50. The van der Waals surface area contributed by atoms with Crippen LogP contribution in [0.5, 0.6) is 0 Å². The molecular weight excluding hydrogens is 578 g/mol. The number of para-hydroxylation sites is 1. The lowest BCUT2D eigenvalue weighted by Crippen LogP contribution is -2.58. The quantitative estimate of drug-likeness (QED) is 0.239. The molecule has 3 unspecified atom stereocenters. The molecule has 3 aliphatic heterocycles. The van der Waals surface area contributed by atoms with E-state index in [-0.39, 0.29) is 39.8 Å². The van der Waals surface area contributed by atoms with Gasteiger partial charge >= 0.3 is 0 Å². The van der Waals surface area contributed by atoms with Crippen LogP contribution < -0.4 is 10.6 Å². The maximum atomic E-state index is 14.2. The second kappa shape index (κ2) is 11.7. The van der Waals surface area contributed by atoms with Gasteiger partial charge in [0.1, 0.15) is 6.04 Å². The number of aliphatic hydroxyl groups excluding tert-OH is 1. The number of alkyl halides is 1. The predicted octanol–water partition coefficient (Wildman–Crippen LogP) is 4.97. The van der Waals surface area contributed by atoms with Crippen LogP contribution in [0.25, 0.3) is 0 Å². The fourth-order valence-electron chi connectivity index (χ4n) is 7.24. The van der Waals surface area contributed by atoms with Crippen LogP contribution >= 0.6 is 27.7 Å². The van der Waals surface area contributed by atoms with Gasteiger partial charge < -0.3 is 20.6 Å². The molecule has 2 bridgehead atoms. The van der Waals surface area contributed by atoms with Gasteiger partial charge in [0.25, 0.3) is 0 Å². The summed E-state index contributed by atoms with van der Waals surface area (Å²) in [6.45, 7) is 11.2. The number of aliphatic hydroxyl groups is 1. The number of nitrogens with zero attached hydrogens (tertiary/aromatic N) is 1. The summed E-state index contributed by atoms with van der Waals surface area (Å²) in [4.78, 5) is 43.9. The van der Waals surface area contributed by atoms with Crippen molar-refractivity contribution in [2.45, 2.75) is 99.5 Å². The van der Waals surface area contributed by atoms with Gasteiger partial charge in [0.05, 0.1) is 16.6 Å². The van der Waals surface area contributed by atoms with Gasteiger partial charge in [-0.15, -0.1) is 11.8 Å². The number of amides is 3. The summed E-state index contributed by atoms with van der Waals surface area (Å²) in [5.41, 5.74) is 0.288. The summed E-state index contributed by atoms with van der Waals surface area (Å²) in [6.07, 6.45) is 4.72. The molecule has 1 aromatic carbocycles. The number of anilines is 1. The normalized spacial score (nSPS) is 30.0. The van der Waals surface area contributed by atoms with E-state index in [9.17, 15) is 14.4 Å². The maximum absolute atomic E-state index is 14.2. The first kappa shape index (κ1) is 30.4. The summed E-state index contributed by atoms with van der Waals surface area (Å²) in [5, 5.41) is 15.4. The van der Waals surface area contributed by atoms with Crippen LogP contribution in [0.4, 0.5) is 5.69 Å². The third-order valence-corrected chi connectivity index (χ3v) is 11.3. The summed E-state index contributed by atoms with van der Waals surface area (Å²) in [6, 6.07) is 8.72. The van der Waals surface area contributed by atoms with Gasteiger partial charge in [0.15, 0.2) is 0 Å². The number of thioether (sulfide) groups is 1. The molecule has 7 nitrogen and oxygen atoms in total. The number of hydrogen-bond acceptors (Lipinski definition) is 5. The number of unbranched alkanes of at least 4 members (excludes halogenated alkanes) is 3. The molecular formula is C30H44BrN3O4S. The van der Waals surface area contributed by atoms with Gasteiger partial charge in [-0.25, -0.2) is 0 Å². The van der Waals surface area contributed by atoms with Crippen LogP contribution in [-0.4, -0.2) is 67.3 Å². The molecule has 3 heterocycles. The van der Waals surface area contributed by atoms with Crippen LogP contribution in [0.3, 0.4) is 0 Å². The molecule has 4 rings (SSSR count). The summed E-state index contributed by atoms with van der Waals surface area (Å²) < 4.78 is -0.651. The number of halogens is 1. The molecule has 3 N–H and O–H groups in total. The minimum absolute atomic E-state index is 0.0254. The van der Waals surface area contributed by atoms with Crippen molar-refractivity contribution in [2.75, 3.05) is 18.5 Å². The fourth-order valence-corrected chi connectivity index (χ4v) is 10.9. The van der Waals surface area contributed by atoms with Crippen LogP contribution in [0.1, 0.15) is 73.1 Å². The fraction of sp³-hybridized carbons (Fsp3) is 0.700. The number of carbonyl (C=O) groups is 3. The van der Waals surface area contributed by atoms with Crippen LogP contribution in [-0.2, 0) is 14.4 Å². The molecule has 9 heteroatoms. The molecule has 6 atom stereocenters. The van der Waals surface area contributed by atoms with Crippen molar-refractivity contribution >= 4 is 51.1 Å². The van der Waals surface area contributed by atoms with E-state index in [1.165, 1.54) is 0 Å². The van der Waals surface area contributed by atoms with E-state index in [0.29, 0.717) is 18.7 Å². The van der Waals surface area contributed by atoms with Gasteiger partial charge in [-0.2, -0.15) is 0 Å². The van der Waals surface area contributed by atoms with Crippen molar-refractivity contribution in [2.24, 2.45) is 17.3 Å². The van der Waals surface area contributed by atoms with Crippen molar-refractivity contribution in [3.8, 4) is 0 Å². The lowest BCUT2D eigenvalue weighted by Gasteiger charge is -2.39. The van der Waals surface area contributed by atoms with Crippen molar-refractivity contribution in [3.05, 3.63) is 30.3 Å². The molecule has 3 fully saturated rings.